The first-order chi connectivity index (χ1) is 19.8. The van der Waals surface area contributed by atoms with E-state index in [0.29, 0.717) is 33.2 Å². The minimum absolute atomic E-state index is 0.0830. The molecule has 0 fully saturated rings. The largest absolute Gasteiger partial charge is 0.478 e. The molecule has 42 heavy (non-hydrogen) atoms. The highest BCUT2D eigenvalue weighted by molar-refractivity contribution is 7.86. The maximum atomic E-state index is 11.9. The first-order valence-electron chi connectivity index (χ1n) is 11.8. The molecule has 0 saturated heterocycles. The molecule has 0 spiro atoms. The van der Waals surface area contributed by atoms with Crippen molar-refractivity contribution in [1.82, 2.24) is 0 Å². The summed E-state index contributed by atoms with van der Waals surface area (Å²) in [5.74, 6) is -1.08. The summed E-state index contributed by atoms with van der Waals surface area (Å²) in [7, 11) is -9.04. The fourth-order valence-electron chi connectivity index (χ4n) is 4.10. The summed E-state index contributed by atoms with van der Waals surface area (Å²) >= 11 is 0. The first kappa shape index (κ1) is 28.4. The van der Waals surface area contributed by atoms with E-state index in [-0.39, 0.29) is 32.1 Å². The van der Waals surface area contributed by atoms with Crippen LogP contribution >= 0.6 is 0 Å². The van der Waals surface area contributed by atoms with E-state index in [1.807, 2.05) is 0 Å². The molecule has 0 aromatic heterocycles. The highest BCUT2D eigenvalue weighted by Crippen LogP contribution is 2.38. The van der Waals surface area contributed by atoms with Crippen LogP contribution in [0.25, 0.3) is 21.5 Å². The van der Waals surface area contributed by atoms with Gasteiger partial charge in [0.25, 0.3) is 20.2 Å². The van der Waals surface area contributed by atoms with Crippen molar-refractivity contribution in [2.45, 2.75) is 9.79 Å². The van der Waals surface area contributed by atoms with Crippen LogP contribution in [0.4, 0.5) is 28.4 Å². The number of hydrogen-bond acceptors (Lipinski definition) is 10. The first-order valence-corrected chi connectivity index (χ1v) is 14.7. The highest BCUT2D eigenvalue weighted by Gasteiger charge is 2.15. The van der Waals surface area contributed by atoms with Gasteiger partial charge in [0.05, 0.1) is 38.1 Å². The molecule has 0 unspecified atom stereocenters. The van der Waals surface area contributed by atoms with Crippen molar-refractivity contribution in [3.63, 3.8) is 0 Å². The maximum absolute atomic E-state index is 11.9. The van der Waals surface area contributed by atoms with Crippen molar-refractivity contribution in [2.24, 2.45) is 20.5 Å². The normalized spacial score (nSPS) is 12.5. The van der Waals surface area contributed by atoms with Gasteiger partial charge in [-0.25, -0.2) is 4.79 Å². The van der Waals surface area contributed by atoms with Crippen molar-refractivity contribution in [2.75, 3.05) is 5.73 Å². The van der Waals surface area contributed by atoms with Gasteiger partial charge in [-0.15, -0.1) is 15.3 Å². The molecular formula is C27H19N5O8S2. The van der Waals surface area contributed by atoms with Crippen molar-refractivity contribution in [1.29, 1.82) is 0 Å². The number of nitrogen functional groups attached to an aromatic ring is 1. The number of benzene rings is 5. The number of fused-ring (bicyclic) bond motifs is 2. The summed E-state index contributed by atoms with van der Waals surface area (Å²) in [5, 5.41) is 27.4. The Morgan fingerprint density at radius 2 is 1.02 bits per heavy atom. The van der Waals surface area contributed by atoms with Gasteiger partial charge in [-0.2, -0.15) is 21.9 Å². The number of carboxylic acids is 1. The van der Waals surface area contributed by atoms with Crippen LogP contribution in [0, 0.1) is 0 Å². The maximum Gasteiger partial charge on any atom is 0.335 e. The van der Waals surface area contributed by atoms with E-state index < -0.39 is 26.2 Å². The second-order valence-corrected chi connectivity index (χ2v) is 11.7. The molecule has 212 valence electrons. The molecule has 0 bridgehead atoms. The van der Waals surface area contributed by atoms with Gasteiger partial charge in [-0.3, -0.25) is 9.11 Å². The number of nitrogens with zero attached hydrogens (tertiary/aromatic N) is 4. The molecule has 0 saturated carbocycles. The molecule has 5 N–H and O–H groups in total. The van der Waals surface area contributed by atoms with Crippen LogP contribution in [-0.4, -0.2) is 37.0 Å². The summed E-state index contributed by atoms with van der Waals surface area (Å²) < 4.78 is 65.9. The molecule has 5 rings (SSSR count). The summed E-state index contributed by atoms with van der Waals surface area (Å²) in [6.07, 6.45) is 0. The number of nitrogens with two attached hydrogens (primary N) is 1. The minimum atomic E-state index is -4.56. The third kappa shape index (κ3) is 5.84. The molecule has 0 heterocycles. The second kappa shape index (κ2) is 10.7. The van der Waals surface area contributed by atoms with Crippen LogP contribution in [0.15, 0.2) is 115 Å². The second-order valence-electron chi connectivity index (χ2n) is 8.89. The average molecular weight is 606 g/mol. The highest BCUT2D eigenvalue weighted by atomic mass is 32.2. The van der Waals surface area contributed by atoms with Gasteiger partial charge in [0, 0.05) is 27.2 Å². The number of azo groups is 2. The lowest BCUT2D eigenvalue weighted by molar-refractivity contribution is 0.0697. The lowest BCUT2D eigenvalue weighted by Gasteiger charge is -2.08. The minimum Gasteiger partial charge on any atom is -0.478 e. The Morgan fingerprint density at radius 1 is 0.571 bits per heavy atom. The Morgan fingerprint density at radius 3 is 1.55 bits per heavy atom. The molecule has 13 nitrogen and oxygen atoms in total. The topological polar surface area (TPSA) is 221 Å². The van der Waals surface area contributed by atoms with Gasteiger partial charge in [-0.05, 0) is 72.8 Å². The van der Waals surface area contributed by atoms with E-state index in [4.69, 9.17) is 10.8 Å². The number of rotatable bonds is 7. The van der Waals surface area contributed by atoms with Gasteiger partial charge in [0.1, 0.15) is 0 Å². The van der Waals surface area contributed by atoms with Crippen molar-refractivity contribution in [3.05, 3.63) is 90.5 Å². The molecule has 0 aliphatic heterocycles. The quantitative estimate of drug-likeness (QED) is 0.0890. The van der Waals surface area contributed by atoms with Crippen LogP contribution < -0.4 is 5.73 Å². The van der Waals surface area contributed by atoms with Gasteiger partial charge < -0.3 is 10.8 Å². The zero-order valence-electron chi connectivity index (χ0n) is 21.1. The molecular weight excluding hydrogens is 586 g/mol. The monoisotopic (exact) mass is 605 g/mol. The molecule has 0 aliphatic rings. The van der Waals surface area contributed by atoms with Crippen molar-refractivity contribution >= 4 is 76.2 Å². The third-order valence-electron chi connectivity index (χ3n) is 6.19. The van der Waals surface area contributed by atoms with E-state index >= 15 is 0 Å². The van der Waals surface area contributed by atoms with Crippen LogP contribution in [0.5, 0.6) is 0 Å². The fourth-order valence-corrected chi connectivity index (χ4v) is 5.12. The van der Waals surface area contributed by atoms with Crippen molar-refractivity contribution in [3.8, 4) is 0 Å². The van der Waals surface area contributed by atoms with E-state index in [9.17, 15) is 30.7 Å². The van der Waals surface area contributed by atoms with Gasteiger partial charge in [-0.1, -0.05) is 12.1 Å². The Balaban J connectivity index is 1.60. The Hall–Kier alpha value is -5.09. The number of carboxylic acid groups (broad SMARTS) is 1. The number of carbonyl (C=O) groups is 1. The predicted octanol–water partition coefficient (Wildman–Crippen LogP) is 6.60. The van der Waals surface area contributed by atoms with Gasteiger partial charge in [0.15, 0.2) is 0 Å². The zero-order chi connectivity index (χ0) is 30.2. The fraction of sp³-hybridized carbons (Fsp3) is 0. The standard InChI is InChI=1S/C27H19N5O8S2/c28-23-9-10-24(19-7-5-17(13-21(19)23)41(35,36)37)31-32-26-12-11-25(20-8-6-18(14-22(20)26)42(38,39)40)30-29-16-3-1-15(2-4-16)27(33)34/h1-14H,28H2,(H,33,34)(H,35,36,37)(H,38,39,40). The van der Waals surface area contributed by atoms with Crippen LogP contribution in [-0.2, 0) is 20.2 Å². The van der Waals surface area contributed by atoms with E-state index in [0.717, 1.165) is 0 Å². The van der Waals surface area contributed by atoms with Crippen LogP contribution in [0.1, 0.15) is 10.4 Å². The molecule has 5 aromatic rings. The SMILES string of the molecule is Nc1ccc(N=Nc2ccc(N=Nc3ccc(C(=O)O)cc3)c3ccc(S(=O)(=O)O)cc23)c2ccc(S(=O)(=O)O)cc12. The molecule has 0 aliphatic carbocycles. The molecule has 0 atom stereocenters. The molecule has 5 aromatic carbocycles. The molecule has 0 radical (unpaired) electrons. The molecule has 0 amide bonds. The van der Waals surface area contributed by atoms with Gasteiger partial charge in [0.2, 0.25) is 0 Å². The van der Waals surface area contributed by atoms with Crippen LogP contribution in [0.2, 0.25) is 0 Å². The third-order valence-corrected chi connectivity index (χ3v) is 7.89. The number of hydrogen-bond donors (Lipinski definition) is 4. The van der Waals surface area contributed by atoms with E-state index in [1.54, 1.807) is 12.1 Å². The van der Waals surface area contributed by atoms with E-state index in [1.165, 1.54) is 72.8 Å². The number of anilines is 1. The Bertz CT molecular complexity index is 2180. The lowest BCUT2D eigenvalue weighted by Crippen LogP contribution is -1.98. The summed E-state index contributed by atoms with van der Waals surface area (Å²) in [5.41, 5.74) is 7.54. The average Bonchev–Trinajstić information content (AvgIpc) is 2.95. The van der Waals surface area contributed by atoms with Crippen LogP contribution in [0.3, 0.4) is 0 Å². The lowest BCUT2D eigenvalue weighted by atomic mass is 10.1. The summed E-state index contributed by atoms with van der Waals surface area (Å²) in [6.45, 7) is 0. The number of aromatic carboxylic acids is 1. The van der Waals surface area contributed by atoms with Crippen molar-refractivity contribution < 1.29 is 35.8 Å². The van der Waals surface area contributed by atoms with Gasteiger partial charge >= 0.3 is 5.97 Å². The Labute approximate surface area is 238 Å². The summed E-state index contributed by atoms with van der Waals surface area (Å²) in [4.78, 5) is 10.3. The Kier molecular flexibility index (Phi) is 7.26. The predicted molar refractivity (Wildman–Crippen MR) is 154 cm³/mol. The summed E-state index contributed by atoms with van der Waals surface area (Å²) in [6, 6.07) is 19.5. The zero-order valence-corrected chi connectivity index (χ0v) is 22.8. The molecule has 15 heteroatoms. The smallest absolute Gasteiger partial charge is 0.335 e. The van der Waals surface area contributed by atoms with E-state index in [2.05, 4.69) is 20.5 Å².